The molecule has 5 heteroatoms. The summed E-state index contributed by atoms with van der Waals surface area (Å²) in [6.07, 6.45) is 0. The number of nitrogens with zero attached hydrogens (tertiary/aromatic N) is 2. The Morgan fingerprint density at radius 2 is 1.89 bits per heavy atom. The Kier molecular flexibility index (Phi) is 2.30. The van der Waals surface area contributed by atoms with Gasteiger partial charge in [-0.05, 0) is 6.07 Å². The standard InChI is InChI=1S/C13H8N2O3/c16-15(17)10-6-7-12-11(8-10)13(14-18-12)9-4-2-1-3-5-9/h1-8H. The van der Waals surface area contributed by atoms with Crippen LogP contribution >= 0.6 is 0 Å². The summed E-state index contributed by atoms with van der Waals surface area (Å²) in [6, 6.07) is 13.9. The molecule has 0 fully saturated rings. The van der Waals surface area contributed by atoms with Gasteiger partial charge in [0, 0.05) is 17.7 Å². The van der Waals surface area contributed by atoms with Crippen molar-refractivity contribution in [3.8, 4) is 11.3 Å². The zero-order chi connectivity index (χ0) is 12.5. The number of fused-ring (bicyclic) bond motifs is 1. The van der Waals surface area contributed by atoms with Crippen molar-refractivity contribution in [2.45, 2.75) is 0 Å². The molecule has 88 valence electrons. The minimum absolute atomic E-state index is 0.0304. The van der Waals surface area contributed by atoms with Gasteiger partial charge in [-0.2, -0.15) is 0 Å². The Morgan fingerprint density at radius 1 is 1.11 bits per heavy atom. The number of nitro benzene ring substituents is 1. The zero-order valence-corrected chi connectivity index (χ0v) is 9.24. The van der Waals surface area contributed by atoms with Crippen molar-refractivity contribution < 1.29 is 9.45 Å². The van der Waals surface area contributed by atoms with Gasteiger partial charge in [0.25, 0.3) is 5.69 Å². The van der Waals surface area contributed by atoms with Crippen LogP contribution in [0.1, 0.15) is 0 Å². The molecule has 0 unspecified atom stereocenters. The van der Waals surface area contributed by atoms with Crippen LogP contribution in [0.25, 0.3) is 22.2 Å². The molecule has 2 aromatic carbocycles. The van der Waals surface area contributed by atoms with E-state index in [0.717, 1.165) is 5.56 Å². The molecule has 0 spiro atoms. The third-order valence-electron chi connectivity index (χ3n) is 2.71. The fourth-order valence-corrected chi connectivity index (χ4v) is 1.84. The first-order chi connectivity index (χ1) is 8.75. The molecule has 1 heterocycles. The summed E-state index contributed by atoms with van der Waals surface area (Å²) in [6.45, 7) is 0. The zero-order valence-electron chi connectivity index (χ0n) is 9.24. The Labute approximate surface area is 102 Å². The number of rotatable bonds is 2. The maximum Gasteiger partial charge on any atom is 0.270 e. The van der Waals surface area contributed by atoms with E-state index >= 15 is 0 Å². The minimum atomic E-state index is -0.429. The molecule has 1 aromatic heterocycles. The largest absolute Gasteiger partial charge is 0.356 e. The average Bonchev–Trinajstić information content (AvgIpc) is 2.82. The summed E-state index contributed by atoms with van der Waals surface area (Å²) in [7, 11) is 0. The van der Waals surface area contributed by atoms with E-state index in [-0.39, 0.29) is 5.69 Å². The van der Waals surface area contributed by atoms with Crippen molar-refractivity contribution in [1.29, 1.82) is 0 Å². The van der Waals surface area contributed by atoms with E-state index in [1.165, 1.54) is 12.1 Å². The molecule has 0 radical (unpaired) electrons. The highest BCUT2D eigenvalue weighted by Crippen LogP contribution is 2.30. The van der Waals surface area contributed by atoms with Crippen LogP contribution in [0.3, 0.4) is 0 Å². The van der Waals surface area contributed by atoms with Gasteiger partial charge in [-0.1, -0.05) is 35.5 Å². The van der Waals surface area contributed by atoms with Gasteiger partial charge in [-0.25, -0.2) is 0 Å². The van der Waals surface area contributed by atoms with Crippen LogP contribution in [0.15, 0.2) is 53.1 Å². The second kappa shape index (κ2) is 3.96. The monoisotopic (exact) mass is 240 g/mol. The van der Waals surface area contributed by atoms with Crippen molar-refractivity contribution >= 4 is 16.7 Å². The van der Waals surface area contributed by atoms with Gasteiger partial charge in [0.15, 0.2) is 5.58 Å². The second-order valence-corrected chi connectivity index (χ2v) is 3.83. The number of non-ortho nitro benzene ring substituents is 1. The molecule has 0 aliphatic carbocycles. The fourth-order valence-electron chi connectivity index (χ4n) is 1.84. The molecule has 0 amide bonds. The number of hydrogen-bond donors (Lipinski definition) is 0. The topological polar surface area (TPSA) is 69.2 Å². The minimum Gasteiger partial charge on any atom is -0.356 e. The summed E-state index contributed by atoms with van der Waals surface area (Å²) in [5.74, 6) is 0. The Balaban J connectivity index is 2.24. The van der Waals surface area contributed by atoms with E-state index in [1.54, 1.807) is 6.07 Å². The third-order valence-corrected chi connectivity index (χ3v) is 2.71. The summed E-state index contributed by atoms with van der Waals surface area (Å²) in [4.78, 5) is 10.3. The lowest BCUT2D eigenvalue weighted by atomic mass is 10.1. The maximum absolute atomic E-state index is 10.8. The van der Waals surface area contributed by atoms with Gasteiger partial charge in [-0.3, -0.25) is 10.1 Å². The van der Waals surface area contributed by atoms with Crippen molar-refractivity contribution in [2.24, 2.45) is 0 Å². The third kappa shape index (κ3) is 1.62. The van der Waals surface area contributed by atoms with Gasteiger partial charge >= 0.3 is 0 Å². The maximum atomic E-state index is 10.8. The van der Waals surface area contributed by atoms with Crippen LogP contribution in [-0.2, 0) is 0 Å². The number of benzene rings is 2. The van der Waals surface area contributed by atoms with Gasteiger partial charge in [-0.15, -0.1) is 0 Å². The van der Waals surface area contributed by atoms with Gasteiger partial charge < -0.3 is 4.52 Å². The normalized spacial score (nSPS) is 10.7. The Morgan fingerprint density at radius 3 is 2.61 bits per heavy atom. The molecule has 3 aromatic rings. The quantitative estimate of drug-likeness (QED) is 0.508. The van der Waals surface area contributed by atoms with Crippen LogP contribution in [0.2, 0.25) is 0 Å². The molecule has 0 atom stereocenters. The lowest BCUT2D eigenvalue weighted by Gasteiger charge is -1.95. The SMILES string of the molecule is O=[N+]([O-])c1ccc2onc(-c3ccccc3)c2c1. The van der Waals surface area contributed by atoms with E-state index in [0.29, 0.717) is 16.7 Å². The second-order valence-electron chi connectivity index (χ2n) is 3.83. The van der Waals surface area contributed by atoms with Crippen molar-refractivity contribution in [1.82, 2.24) is 5.16 Å². The van der Waals surface area contributed by atoms with Crippen molar-refractivity contribution in [3.05, 3.63) is 58.6 Å². The van der Waals surface area contributed by atoms with Gasteiger partial charge in [0.05, 0.1) is 10.3 Å². The molecule has 18 heavy (non-hydrogen) atoms. The van der Waals surface area contributed by atoms with E-state index in [9.17, 15) is 10.1 Å². The van der Waals surface area contributed by atoms with E-state index in [1.807, 2.05) is 30.3 Å². The molecule has 0 aliphatic rings. The number of nitro groups is 1. The average molecular weight is 240 g/mol. The number of aromatic nitrogens is 1. The highest BCUT2D eigenvalue weighted by atomic mass is 16.6. The lowest BCUT2D eigenvalue weighted by molar-refractivity contribution is -0.384. The van der Waals surface area contributed by atoms with Crippen molar-refractivity contribution in [2.75, 3.05) is 0 Å². The molecule has 0 N–H and O–H groups in total. The molecule has 3 rings (SSSR count). The van der Waals surface area contributed by atoms with E-state index in [2.05, 4.69) is 5.16 Å². The molecule has 0 bridgehead atoms. The van der Waals surface area contributed by atoms with Gasteiger partial charge in [0.1, 0.15) is 5.69 Å². The first-order valence-corrected chi connectivity index (χ1v) is 5.35. The van der Waals surface area contributed by atoms with Crippen LogP contribution < -0.4 is 0 Å². The first kappa shape index (κ1) is 10.5. The predicted octanol–water partition coefficient (Wildman–Crippen LogP) is 3.40. The van der Waals surface area contributed by atoms with E-state index in [4.69, 9.17) is 4.52 Å². The summed E-state index contributed by atoms with van der Waals surface area (Å²) >= 11 is 0. The highest BCUT2D eigenvalue weighted by Gasteiger charge is 2.14. The molecule has 0 aliphatic heterocycles. The summed E-state index contributed by atoms with van der Waals surface area (Å²) in [5, 5.41) is 15.4. The first-order valence-electron chi connectivity index (χ1n) is 5.35. The lowest BCUT2D eigenvalue weighted by Crippen LogP contribution is -1.86. The van der Waals surface area contributed by atoms with Crippen LogP contribution in [0, 0.1) is 10.1 Å². The summed E-state index contributed by atoms with van der Waals surface area (Å²) < 4.78 is 5.17. The predicted molar refractivity (Wildman–Crippen MR) is 66.1 cm³/mol. The molecule has 0 saturated carbocycles. The smallest absolute Gasteiger partial charge is 0.270 e. The Bertz CT molecular complexity index is 719. The molecular weight excluding hydrogens is 232 g/mol. The Hall–Kier alpha value is -2.69. The molecule has 5 nitrogen and oxygen atoms in total. The van der Waals surface area contributed by atoms with Crippen LogP contribution in [0.5, 0.6) is 0 Å². The fraction of sp³-hybridized carbons (Fsp3) is 0. The molecule has 0 saturated heterocycles. The van der Waals surface area contributed by atoms with Crippen molar-refractivity contribution in [3.63, 3.8) is 0 Å². The molecular formula is C13H8N2O3. The van der Waals surface area contributed by atoms with E-state index < -0.39 is 4.92 Å². The summed E-state index contributed by atoms with van der Waals surface area (Å²) in [5.41, 5.74) is 2.06. The number of hydrogen-bond acceptors (Lipinski definition) is 4. The van der Waals surface area contributed by atoms with Crippen LogP contribution in [0.4, 0.5) is 5.69 Å². The van der Waals surface area contributed by atoms with Gasteiger partial charge in [0.2, 0.25) is 0 Å². The van der Waals surface area contributed by atoms with Crippen LogP contribution in [-0.4, -0.2) is 10.1 Å². The highest BCUT2D eigenvalue weighted by molar-refractivity contribution is 5.92.